The van der Waals surface area contributed by atoms with Crippen molar-refractivity contribution in [2.75, 3.05) is 25.7 Å². The van der Waals surface area contributed by atoms with Crippen LogP contribution in [0.1, 0.15) is 53.4 Å². The maximum Gasteiger partial charge on any atom is 0.0728 e. The molecule has 0 aromatic carbocycles. The first-order valence-electron chi connectivity index (χ1n) is 10.3. The molecule has 0 aliphatic rings. The summed E-state index contributed by atoms with van der Waals surface area (Å²) >= 11 is 0. The quantitative estimate of drug-likeness (QED) is 0.115. The fraction of sp³-hybridized carbons (Fsp3) is 1.00. The van der Waals surface area contributed by atoms with Gasteiger partial charge in [0.25, 0.3) is 0 Å². The molecule has 2 atom stereocenters. The second-order valence-electron chi connectivity index (χ2n) is 6.93. The molecule has 2 unspecified atom stereocenters. The van der Waals surface area contributed by atoms with Crippen molar-refractivity contribution in [3.8, 4) is 0 Å². The van der Waals surface area contributed by atoms with Crippen LogP contribution in [-0.4, -0.2) is 54.8 Å². The molecule has 0 aromatic heterocycles. The van der Waals surface area contributed by atoms with Crippen LogP contribution in [0.15, 0.2) is 0 Å². The van der Waals surface area contributed by atoms with Gasteiger partial charge >= 0.3 is 0 Å². The number of hydrogen-bond acceptors (Lipinski definition) is 6. The molecule has 0 aliphatic carbocycles. The van der Waals surface area contributed by atoms with Crippen LogP contribution in [0.25, 0.3) is 0 Å². The van der Waals surface area contributed by atoms with E-state index in [4.69, 9.17) is 9.47 Å². The maximum absolute atomic E-state index is 5.86. The van der Waals surface area contributed by atoms with Gasteiger partial charge in [-0.2, -0.15) is 0 Å². The first-order valence-corrected chi connectivity index (χ1v) is 20.1. The largest absolute Gasteiger partial charge is 0.384 e. The molecule has 2 nitrogen and oxygen atoms in total. The Labute approximate surface area is 182 Å². The molecule has 0 spiro atoms. The van der Waals surface area contributed by atoms with Gasteiger partial charge in [-0.3, -0.25) is 0 Å². The zero-order valence-electron chi connectivity index (χ0n) is 17.8. The van der Waals surface area contributed by atoms with E-state index in [0.29, 0.717) is 11.5 Å². The van der Waals surface area contributed by atoms with E-state index in [0.717, 1.165) is 11.5 Å². The first kappa shape index (κ1) is 27.8. The molecule has 8 heteroatoms. The molecule has 0 saturated heterocycles. The number of rotatable bonds is 19. The van der Waals surface area contributed by atoms with E-state index in [-0.39, 0.29) is 0 Å². The zero-order valence-corrected chi connectivity index (χ0v) is 23.4. The van der Waals surface area contributed by atoms with Crippen molar-refractivity contribution in [3.05, 3.63) is 0 Å². The molecule has 0 bridgehead atoms. The van der Waals surface area contributed by atoms with Gasteiger partial charge in [-0.1, -0.05) is 99.1 Å². The SMILES string of the molecule is CCC[SiH](CCC)C(CSSSSCC(OC)[SiH](CCC)CCC)OC. The lowest BCUT2D eigenvalue weighted by molar-refractivity contribution is 0.178. The predicted molar refractivity (Wildman–Crippen MR) is 136 cm³/mol. The monoisotopic (exact) mass is 474 g/mol. The van der Waals surface area contributed by atoms with Crippen molar-refractivity contribution in [1.82, 2.24) is 0 Å². The molecule has 0 aromatic rings. The van der Waals surface area contributed by atoms with Crippen molar-refractivity contribution in [3.63, 3.8) is 0 Å². The smallest absolute Gasteiger partial charge is 0.0728 e. The Morgan fingerprint density at radius 2 is 0.923 bits per heavy atom. The van der Waals surface area contributed by atoms with Gasteiger partial charge < -0.3 is 9.47 Å². The molecule has 0 N–H and O–H groups in total. The Kier molecular flexibility index (Phi) is 21.4. The number of ether oxygens (including phenoxy) is 2. The molecular formula is C18H42O2S4Si2. The van der Waals surface area contributed by atoms with E-state index >= 15 is 0 Å². The van der Waals surface area contributed by atoms with E-state index in [1.807, 2.05) is 55.5 Å². The van der Waals surface area contributed by atoms with Crippen LogP contribution >= 0.6 is 41.2 Å². The Morgan fingerprint density at radius 1 is 0.615 bits per heavy atom. The second-order valence-corrected chi connectivity index (χ2v) is 19.9. The fourth-order valence-corrected chi connectivity index (χ4v) is 18.9. The summed E-state index contributed by atoms with van der Waals surface area (Å²) in [6.07, 6.45) is 5.27. The lowest BCUT2D eigenvalue weighted by atomic mass is 10.6. The van der Waals surface area contributed by atoms with E-state index in [9.17, 15) is 0 Å². The van der Waals surface area contributed by atoms with Crippen LogP contribution in [0.5, 0.6) is 0 Å². The Balaban J connectivity index is 4.07. The predicted octanol–water partition coefficient (Wildman–Crippen LogP) is 6.87. The van der Waals surface area contributed by atoms with Crippen LogP contribution < -0.4 is 0 Å². The Bertz CT molecular complexity index is 264. The third-order valence-electron chi connectivity index (χ3n) is 4.88. The van der Waals surface area contributed by atoms with Crippen molar-refractivity contribution < 1.29 is 9.47 Å². The molecule has 0 radical (unpaired) electrons. The molecular weight excluding hydrogens is 433 g/mol. The molecule has 0 heterocycles. The average molecular weight is 475 g/mol. The Hall–Kier alpha value is 1.75. The zero-order chi connectivity index (χ0) is 19.6. The van der Waals surface area contributed by atoms with Crippen LogP contribution in [0.4, 0.5) is 0 Å². The number of hydrogen-bond donors (Lipinski definition) is 0. The minimum atomic E-state index is -0.746. The molecule has 26 heavy (non-hydrogen) atoms. The van der Waals surface area contributed by atoms with Crippen LogP contribution in [-0.2, 0) is 9.47 Å². The maximum atomic E-state index is 5.86. The lowest BCUT2D eigenvalue weighted by Gasteiger charge is -2.24. The van der Waals surface area contributed by atoms with Gasteiger partial charge in [-0.25, -0.2) is 0 Å². The normalized spacial score (nSPS) is 14.3. The van der Waals surface area contributed by atoms with E-state index < -0.39 is 17.6 Å². The Morgan fingerprint density at radius 3 is 1.15 bits per heavy atom. The molecule has 0 saturated carbocycles. The first-order chi connectivity index (χ1) is 12.7. The summed E-state index contributed by atoms with van der Waals surface area (Å²) in [6, 6.07) is 5.71. The van der Waals surface area contributed by atoms with Gasteiger partial charge in [0.1, 0.15) is 0 Å². The van der Waals surface area contributed by atoms with E-state index in [2.05, 4.69) is 27.7 Å². The van der Waals surface area contributed by atoms with E-state index in [1.54, 1.807) is 0 Å². The molecule has 158 valence electrons. The van der Waals surface area contributed by atoms with Crippen molar-refractivity contribution in [1.29, 1.82) is 0 Å². The molecule has 0 aliphatic heterocycles. The van der Waals surface area contributed by atoms with Crippen LogP contribution in [0.2, 0.25) is 24.2 Å². The molecule has 0 rings (SSSR count). The van der Waals surface area contributed by atoms with Crippen molar-refractivity contribution in [2.24, 2.45) is 0 Å². The fourth-order valence-electron chi connectivity index (χ4n) is 3.54. The summed E-state index contributed by atoms with van der Waals surface area (Å²) in [5.74, 6) is 2.31. The highest BCUT2D eigenvalue weighted by Crippen LogP contribution is 2.44. The van der Waals surface area contributed by atoms with E-state index in [1.165, 1.54) is 49.9 Å². The van der Waals surface area contributed by atoms with Gasteiger partial charge in [0.15, 0.2) is 0 Å². The van der Waals surface area contributed by atoms with Gasteiger partial charge in [0, 0.05) is 25.7 Å². The summed E-state index contributed by atoms with van der Waals surface area (Å²) in [5, 5.41) is 0. The van der Waals surface area contributed by atoms with Crippen molar-refractivity contribution >= 4 is 58.8 Å². The third kappa shape index (κ3) is 13.1. The average Bonchev–Trinajstić information content (AvgIpc) is 2.64. The summed E-state index contributed by atoms with van der Waals surface area (Å²) in [7, 11) is 10.2. The summed E-state index contributed by atoms with van der Waals surface area (Å²) in [4.78, 5) is 0. The van der Waals surface area contributed by atoms with Gasteiger partial charge in [0.2, 0.25) is 0 Å². The molecule has 0 amide bonds. The highest BCUT2D eigenvalue weighted by atomic mass is 33.7. The van der Waals surface area contributed by atoms with Crippen LogP contribution in [0.3, 0.4) is 0 Å². The molecule has 0 fully saturated rings. The summed E-state index contributed by atoms with van der Waals surface area (Å²) < 4.78 is 11.7. The second kappa shape index (κ2) is 20.0. The third-order valence-corrected chi connectivity index (χ3v) is 20.4. The highest BCUT2D eigenvalue weighted by molar-refractivity contribution is 9.26. The topological polar surface area (TPSA) is 18.5 Å². The minimum Gasteiger partial charge on any atom is -0.384 e. The van der Waals surface area contributed by atoms with Crippen molar-refractivity contribution in [2.45, 2.75) is 89.0 Å². The van der Waals surface area contributed by atoms with Crippen LogP contribution in [0, 0.1) is 0 Å². The summed E-state index contributed by atoms with van der Waals surface area (Å²) in [5.41, 5.74) is 1.08. The lowest BCUT2D eigenvalue weighted by Crippen LogP contribution is -2.34. The minimum absolute atomic E-state index is 0.538. The highest BCUT2D eigenvalue weighted by Gasteiger charge is 2.23. The van der Waals surface area contributed by atoms with Gasteiger partial charge in [-0.05, 0) is 19.7 Å². The number of methoxy groups -OCH3 is 2. The van der Waals surface area contributed by atoms with Gasteiger partial charge in [-0.15, -0.1) is 0 Å². The standard InChI is InChI=1S/C18H42O2S4Si2/c1-7-11-25(12-8-2)17(19-5)15-21-23-24-22-16-18(20-6)26(13-9-3)14-10-4/h17-18,25-26H,7-16H2,1-6H3. The van der Waals surface area contributed by atoms with Gasteiger partial charge in [0.05, 0.1) is 29.0 Å². The summed E-state index contributed by atoms with van der Waals surface area (Å²) in [6.45, 7) is 9.26.